The fraction of sp³-hybridized carbons (Fsp3) is 0.364. The number of aromatic nitrogens is 1. The fourth-order valence-corrected chi connectivity index (χ4v) is 4.98. The number of non-ortho nitro benzene ring substituents is 1. The zero-order valence-electron chi connectivity index (χ0n) is 17.8. The highest BCUT2D eigenvalue weighted by Crippen LogP contribution is 2.34. The second-order valence-corrected chi connectivity index (χ2v) is 9.09. The first-order chi connectivity index (χ1) is 15.3. The number of nitro groups is 1. The lowest BCUT2D eigenvalue weighted by atomic mass is 10.1. The van der Waals surface area contributed by atoms with E-state index in [-0.39, 0.29) is 16.3 Å². The summed E-state index contributed by atoms with van der Waals surface area (Å²) in [6.45, 7) is 7.92. The number of nitrogens with zero attached hydrogens (tertiary/aromatic N) is 4. The Morgan fingerprint density at radius 2 is 1.97 bits per heavy atom. The molecule has 4 rings (SSSR count). The lowest BCUT2D eigenvalue weighted by Crippen LogP contribution is -2.43. The Morgan fingerprint density at radius 1 is 1.25 bits per heavy atom. The van der Waals surface area contributed by atoms with Gasteiger partial charge in [-0.05, 0) is 31.0 Å². The molecule has 0 bridgehead atoms. The summed E-state index contributed by atoms with van der Waals surface area (Å²) in [6, 6.07) is 7.97. The van der Waals surface area contributed by atoms with Gasteiger partial charge in [0.05, 0.1) is 38.9 Å². The molecule has 0 saturated carbocycles. The average molecular weight is 475 g/mol. The Bertz CT molecular complexity index is 1140. The lowest BCUT2D eigenvalue weighted by molar-refractivity contribution is -0.384. The zero-order valence-corrected chi connectivity index (χ0v) is 19.4. The van der Waals surface area contributed by atoms with Gasteiger partial charge in [-0.25, -0.2) is 4.98 Å². The quantitative estimate of drug-likeness (QED) is 0.387. The van der Waals surface area contributed by atoms with E-state index in [0.29, 0.717) is 31.4 Å². The van der Waals surface area contributed by atoms with Crippen molar-refractivity contribution in [2.75, 3.05) is 44.3 Å². The van der Waals surface area contributed by atoms with Gasteiger partial charge >= 0.3 is 0 Å². The number of carbonyl (C=O) groups excluding carboxylic acids is 1. The third-order valence-corrected chi connectivity index (χ3v) is 7.08. The van der Waals surface area contributed by atoms with E-state index in [1.165, 1.54) is 29.5 Å². The van der Waals surface area contributed by atoms with Crippen molar-refractivity contribution in [3.8, 4) is 0 Å². The maximum atomic E-state index is 13.6. The minimum Gasteiger partial charge on any atom is -0.379 e. The summed E-state index contributed by atoms with van der Waals surface area (Å²) in [4.78, 5) is 32.9. The Labute approximate surface area is 194 Å². The highest BCUT2D eigenvalue weighted by Gasteiger charge is 2.26. The number of amides is 1. The van der Waals surface area contributed by atoms with Gasteiger partial charge in [-0.3, -0.25) is 24.7 Å². The third-order valence-electron chi connectivity index (χ3n) is 5.54. The smallest absolute Gasteiger partial charge is 0.270 e. The summed E-state index contributed by atoms with van der Waals surface area (Å²) >= 11 is 7.74. The predicted molar refractivity (Wildman–Crippen MR) is 126 cm³/mol. The summed E-state index contributed by atoms with van der Waals surface area (Å²) in [6.07, 6.45) is 0. The number of benzene rings is 2. The maximum Gasteiger partial charge on any atom is 0.270 e. The van der Waals surface area contributed by atoms with Crippen LogP contribution in [-0.4, -0.2) is 60.1 Å². The molecule has 0 aliphatic carbocycles. The number of rotatable bonds is 6. The van der Waals surface area contributed by atoms with Crippen molar-refractivity contribution in [3.05, 3.63) is 62.2 Å². The molecule has 8 nitrogen and oxygen atoms in total. The summed E-state index contributed by atoms with van der Waals surface area (Å²) in [5.41, 5.74) is 2.89. The van der Waals surface area contributed by atoms with Crippen LogP contribution in [0.2, 0.25) is 5.02 Å². The van der Waals surface area contributed by atoms with Crippen LogP contribution in [0.15, 0.2) is 30.3 Å². The maximum absolute atomic E-state index is 13.6. The first-order valence-electron chi connectivity index (χ1n) is 10.3. The monoisotopic (exact) mass is 474 g/mol. The van der Waals surface area contributed by atoms with E-state index in [1.807, 2.05) is 26.0 Å². The van der Waals surface area contributed by atoms with Crippen molar-refractivity contribution in [2.45, 2.75) is 13.8 Å². The highest BCUT2D eigenvalue weighted by molar-refractivity contribution is 7.22. The highest BCUT2D eigenvalue weighted by atomic mass is 35.5. The lowest BCUT2D eigenvalue weighted by Gasteiger charge is -2.29. The van der Waals surface area contributed by atoms with Gasteiger partial charge in [0.25, 0.3) is 11.6 Å². The van der Waals surface area contributed by atoms with E-state index in [2.05, 4.69) is 4.90 Å². The van der Waals surface area contributed by atoms with Gasteiger partial charge in [0.15, 0.2) is 5.13 Å². The van der Waals surface area contributed by atoms with Gasteiger partial charge < -0.3 is 4.74 Å². The number of halogens is 1. The van der Waals surface area contributed by atoms with Gasteiger partial charge in [0.2, 0.25) is 0 Å². The number of carbonyl (C=O) groups is 1. The summed E-state index contributed by atoms with van der Waals surface area (Å²) < 4.78 is 6.43. The molecule has 1 aromatic heterocycles. The molecule has 0 atom stereocenters. The first-order valence-corrected chi connectivity index (χ1v) is 11.5. The topological polar surface area (TPSA) is 88.8 Å². The van der Waals surface area contributed by atoms with E-state index in [4.69, 9.17) is 21.3 Å². The number of thiazole rings is 1. The van der Waals surface area contributed by atoms with E-state index < -0.39 is 10.8 Å². The molecule has 0 unspecified atom stereocenters. The Hall–Kier alpha value is -2.59. The largest absolute Gasteiger partial charge is 0.379 e. The second kappa shape index (κ2) is 9.50. The van der Waals surface area contributed by atoms with Gasteiger partial charge in [0, 0.05) is 38.3 Å². The van der Waals surface area contributed by atoms with Gasteiger partial charge in [-0.15, -0.1) is 0 Å². The standard InChI is InChI=1S/C22H23ClN4O4S/c1-14-3-4-15(2)20-19(14)24-22(32-20)26(8-7-25-9-11-31-12-10-25)21(28)17-13-16(27(29)30)5-6-18(17)23/h3-6,13H,7-12H2,1-2H3. The average Bonchev–Trinajstić information content (AvgIpc) is 3.24. The molecule has 1 aliphatic rings. The summed E-state index contributed by atoms with van der Waals surface area (Å²) in [5.74, 6) is -0.402. The molecule has 3 aromatic rings. The Balaban J connectivity index is 1.73. The van der Waals surface area contributed by atoms with Crippen molar-refractivity contribution in [2.24, 2.45) is 0 Å². The second-order valence-electron chi connectivity index (χ2n) is 7.71. The predicted octanol–water partition coefficient (Wildman–Crippen LogP) is 4.45. The molecule has 1 aliphatic heterocycles. The Kier molecular flexibility index (Phi) is 6.71. The van der Waals surface area contributed by atoms with E-state index in [1.54, 1.807) is 4.90 Å². The van der Waals surface area contributed by atoms with Crippen molar-refractivity contribution in [1.82, 2.24) is 9.88 Å². The van der Waals surface area contributed by atoms with Gasteiger partial charge in [0.1, 0.15) is 0 Å². The van der Waals surface area contributed by atoms with Crippen LogP contribution in [0.4, 0.5) is 10.8 Å². The molecule has 168 valence electrons. The van der Waals surface area contributed by atoms with Crippen molar-refractivity contribution < 1.29 is 14.5 Å². The molecule has 0 radical (unpaired) electrons. The normalized spacial score (nSPS) is 14.6. The number of anilines is 1. The van der Waals surface area contributed by atoms with E-state index >= 15 is 0 Å². The van der Waals surface area contributed by atoms with Gasteiger partial charge in [-0.2, -0.15) is 0 Å². The SMILES string of the molecule is Cc1ccc(C)c2sc(N(CCN3CCOCC3)C(=O)c3cc([N+](=O)[O-])ccc3Cl)nc12. The van der Waals surface area contributed by atoms with Gasteiger partial charge in [-0.1, -0.05) is 35.1 Å². The van der Waals surface area contributed by atoms with Crippen LogP contribution in [-0.2, 0) is 4.74 Å². The molecule has 0 spiro atoms. The zero-order chi connectivity index (χ0) is 22.8. The minimum absolute atomic E-state index is 0.0931. The fourth-order valence-electron chi connectivity index (χ4n) is 3.65. The molecular weight excluding hydrogens is 452 g/mol. The summed E-state index contributed by atoms with van der Waals surface area (Å²) in [7, 11) is 0. The van der Waals surface area contributed by atoms with Crippen molar-refractivity contribution in [1.29, 1.82) is 0 Å². The Morgan fingerprint density at radius 3 is 2.66 bits per heavy atom. The number of ether oxygens (including phenoxy) is 1. The number of hydrogen-bond acceptors (Lipinski definition) is 7. The first kappa shape index (κ1) is 22.6. The van der Waals surface area contributed by atoms with Crippen LogP contribution in [0.25, 0.3) is 10.2 Å². The number of fused-ring (bicyclic) bond motifs is 1. The van der Waals surface area contributed by atoms with Crippen LogP contribution >= 0.6 is 22.9 Å². The van der Waals surface area contributed by atoms with Crippen LogP contribution < -0.4 is 4.90 Å². The molecule has 1 amide bonds. The molecule has 0 N–H and O–H groups in total. The third kappa shape index (κ3) is 4.61. The molecule has 2 aromatic carbocycles. The molecule has 10 heteroatoms. The number of morpholine rings is 1. The summed E-state index contributed by atoms with van der Waals surface area (Å²) in [5, 5.41) is 12.0. The van der Waals surface area contributed by atoms with E-state index in [9.17, 15) is 14.9 Å². The van der Waals surface area contributed by atoms with E-state index in [0.717, 1.165) is 34.4 Å². The van der Waals surface area contributed by atoms with Crippen molar-refractivity contribution in [3.63, 3.8) is 0 Å². The molecular formula is C22H23ClN4O4S. The minimum atomic E-state index is -0.532. The molecule has 1 saturated heterocycles. The van der Waals surface area contributed by atoms with Crippen LogP contribution in [0.3, 0.4) is 0 Å². The molecule has 2 heterocycles. The number of nitro benzene ring substituents is 1. The van der Waals surface area contributed by atoms with Crippen LogP contribution in [0.1, 0.15) is 21.5 Å². The molecule has 32 heavy (non-hydrogen) atoms. The number of hydrogen-bond donors (Lipinski definition) is 0. The number of aryl methyl sites for hydroxylation is 2. The van der Waals surface area contributed by atoms with Crippen LogP contribution in [0, 0.1) is 24.0 Å². The molecule has 1 fully saturated rings. The van der Waals surface area contributed by atoms with Crippen LogP contribution in [0.5, 0.6) is 0 Å². The van der Waals surface area contributed by atoms with Crippen molar-refractivity contribution >= 4 is 49.9 Å².